The Hall–Kier alpha value is -2.20. The van der Waals surface area contributed by atoms with Crippen molar-refractivity contribution in [1.82, 2.24) is 19.9 Å². The molecule has 130 valence electrons. The van der Waals surface area contributed by atoms with E-state index in [0.717, 1.165) is 20.9 Å². The van der Waals surface area contributed by atoms with E-state index in [4.69, 9.17) is 0 Å². The van der Waals surface area contributed by atoms with E-state index in [-0.39, 0.29) is 23.9 Å². The SMILES string of the molecule is O=C(C=Cc1ccc(Br)s1)NCc1nnc2ccc(C(F)(F)F)cn12. The van der Waals surface area contributed by atoms with Crippen LogP contribution < -0.4 is 5.32 Å². The molecule has 0 atom stereocenters. The van der Waals surface area contributed by atoms with Crippen molar-refractivity contribution in [3.8, 4) is 0 Å². The molecule has 3 heterocycles. The minimum Gasteiger partial charge on any atom is -0.345 e. The van der Waals surface area contributed by atoms with Gasteiger partial charge in [0, 0.05) is 17.2 Å². The van der Waals surface area contributed by atoms with Crippen LogP contribution >= 0.6 is 27.3 Å². The fraction of sp³-hybridized carbons (Fsp3) is 0.133. The Bertz CT molecular complexity index is 948. The van der Waals surface area contributed by atoms with Gasteiger partial charge in [-0.3, -0.25) is 9.20 Å². The third-order valence-corrected chi connectivity index (χ3v) is 4.80. The van der Waals surface area contributed by atoms with Crippen LogP contribution in [0.3, 0.4) is 0 Å². The smallest absolute Gasteiger partial charge is 0.345 e. The van der Waals surface area contributed by atoms with E-state index >= 15 is 0 Å². The average molecular weight is 431 g/mol. The summed E-state index contributed by atoms with van der Waals surface area (Å²) in [5.74, 6) is -0.171. The number of nitrogens with one attached hydrogen (secondary N) is 1. The van der Waals surface area contributed by atoms with Crippen LogP contribution in [0, 0.1) is 0 Å². The van der Waals surface area contributed by atoms with Crippen LogP contribution in [0.4, 0.5) is 13.2 Å². The Morgan fingerprint density at radius 3 is 2.76 bits per heavy atom. The van der Waals surface area contributed by atoms with Crippen LogP contribution in [0.2, 0.25) is 0 Å². The van der Waals surface area contributed by atoms with Gasteiger partial charge >= 0.3 is 6.18 Å². The highest BCUT2D eigenvalue weighted by Crippen LogP contribution is 2.29. The van der Waals surface area contributed by atoms with Crippen LogP contribution in [0.5, 0.6) is 0 Å². The quantitative estimate of drug-likeness (QED) is 0.638. The number of alkyl halides is 3. The fourth-order valence-corrected chi connectivity index (χ4v) is 3.35. The van der Waals surface area contributed by atoms with Crippen molar-refractivity contribution in [3.05, 3.63) is 56.6 Å². The Kier molecular flexibility index (Phi) is 4.91. The van der Waals surface area contributed by atoms with E-state index in [1.54, 1.807) is 6.08 Å². The predicted molar refractivity (Wildman–Crippen MR) is 90.9 cm³/mol. The number of nitrogens with zero attached hydrogens (tertiary/aromatic N) is 3. The van der Waals surface area contributed by atoms with Crippen molar-refractivity contribution in [2.24, 2.45) is 0 Å². The van der Waals surface area contributed by atoms with E-state index < -0.39 is 11.7 Å². The summed E-state index contributed by atoms with van der Waals surface area (Å²) in [5.41, 5.74) is -0.535. The Labute approximate surface area is 152 Å². The summed E-state index contributed by atoms with van der Waals surface area (Å²) in [6, 6.07) is 5.88. The maximum atomic E-state index is 12.8. The van der Waals surface area contributed by atoms with Gasteiger partial charge in [-0.15, -0.1) is 21.5 Å². The third kappa shape index (κ3) is 4.26. The van der Waals surface area contributed by atoms with Crippen LogP contribution in [-0.2, 0) is 17.5 Å². The average Bonchev–Trinajstić information content (AvgIpc) is 3.15. The summed E-state index contributed by atoms with van der Waals surface area (Å²) < 4.78 is 40.5. The van der Waals surface area contributed by atoms with Gasteiger partial charge in [-0.1, -0.05) is 0 Å². The van der Waals surface area contributed by atoms with Crippen LogP contribution in [0.1, 0.15) is 16.3 Å². The molecular formula is C15H10BrF3N4OS. The summed E-state index contributed by atoms with van der Waals surface area (Å²) >= 11 is 4.79. The number of hydrogen-bond donors (Lipinski definition) is 1. The molecule has 0 saturated heterocycles. The van der Waals surface area contributed by atoms with Gasteiger partial charge < -0.3 is 5.32 Å². The van der Waals surface area contributed by atoms with Gasteiger partial charge in [-0.25, -0.2) is 0 Å². The first-order chi connectivity index (χ1) is 11.8. The molecular weight excluding hydrogens is 421 g/mol. The minimum atomic E-state index is -4.46. The zero-order valence-electron chi connectivity index (χ0n) is 12.4. The van der Waals surface area contributed by atoms with E-state index in [1.165, 1.54) is 27.9 Å². The number of carbonyl (C=O) groups excluding carboxylic acids is 1. The van der Waals surface area contributed by atoms with Crippen molar-refractivity contribution >= 4 is 44.9 Å². The molecule has 3 rings (SSSR count). The first-order valence-electron chi connectivity index (χ1n) is 6.95. The van der Waals surface area contributed by atoms with E-state index in [9.17, 15) is 18.0 Å². The van der Waals surface area contributed by atoms with Crippen LogP contribution in [0.25, 0.3) is 11.7 Å². The summed E-state index contributed by atoms with van der Waals surface area (Å²) in [5, 5.41) is 10.2. The maximum absolute atomic E-state index is 12.8. The van der Waals surface area contributed by atoms with E-state index in [2.05, 4.69) is 31.4 Å². The molecule has 25 heavy (non-hydrogen) atoms. The molecule has 5 nitrogen and oxygen atoms in total. The Morgan fingerprint density at radius 1 is 1.28 bits per heavy atom. The number of thiophene rings is 1. The summed E-state index contributed by atoms with van der Waals surface area (Å²) in [6.45, 7) is -0.0419. The van der Waals surface area contributed by atoms with Crippen molar-refractivity contribution in [2.75, 3.05) is 0 Å². The van der Waals surface area contributed by atoms with Gasteiger partial charge in [0.25, 0.3) is 0 Å². The fourth-order valence-electron chi connectivity index (χ4n) is 2.03. The molecule has 3 aromatic heterocycles. The highest BCUT2D eigenvalue weighted by molar-refractivity contribution is 9.11. The molecule has 1 amide bonds. The molecule has 0 spiro atoms. The lowest BCUT2D eigenvalue weighted by Gasteiger charge is -2.07. The van der Waals surface area contributed by atoms with Gasteiger partial charge in [-0.05, 0) is 46.3 Å². The normalized spacial score (nSPS) is 12.2. The lowest BCUT2D eigenvalue weighted by Crippen LogP contribution is -2.21. The lowest BCUT2D eigenvalue weighted by atomic mass is 10.3. The largest absolute Gasteiger partial charge is 0.417 e. The number of halogens is 4. The summed E-state index contributed by atoms with van der Waals surface area (Å²) in [7, 11) is 0. The number of carbonyl (C=O) groups is 1. The molecule has 0 radical (unpaired) electrons. The van der Waals surface area contributed by atoms with Gasteiger partial charge in [0.1, 0.15) is 0 Å². The monoisotopic (exact) mass is 430 g/mol. The van der Waals surface area contributed by atoms with Crippen molar-refractivity contribution < 1.29 is 18.0 Å². The first kappa shape index (κ1) is 17.6. The highest BCUT2D eigenvalue weighted by Gasteiger charge is 2.31. The molecule has 0 aliphatic rings. The Morgan fingerprint density at radius 2 is 2.08 bits per heavy atom. The van der Waals surface area contributed by atoms with E-state index in [0.29, 0.717) is 0 Å². The Balaban J connectivity index is 1.70. The number of amides is 1. The number of pyridine rings is 1. The molecule has 0 bridgehead atoms. The van der Waals surface area contributed by atoms with Crippen LogP contribution in [0.15, 0.2) is 40.3 Å². The predicted octanol–water partition coefficient (Wildman–Crippen LogP) is 3.90. The second kappa shape index (κ2) is 6.96. The standard InChI is InChI=1S/C15H10BrF3N4OS/c16-11-4-2-10(25-11)3-6-14(24)20-7-13-22-21-12-5-1-9(8-23(12)13)15(17,18)19/h1-6,8H,7H2,(H,20,24). The zero-order chi connectivity index (χ0) is 18.0. The molecule has 10 heteroatoms. The molecule has 0 unspecified atom stereocenters. The molecule has 1 N–H and O–H groups in total. The second-order valence-corrected chi connectivity index (χ2v) is 7.45. The third-order valence-electron chi connectivity index (χ3n) is 3.21. The van der Waals surface area contributed by atoms with Gasteiger partial charge in [0.2, 0.25) is 5.91 Å². The first-order valence-corrected chi connectivity index (χ1v) is 8.56. The molecule has 3 aromatic rings. The number of hydrogen-bond acceptors (Lipinski definition) is 4. The van der Waals surface area contributed by atoms with Crippen molar-refractivity contribution in [3.63, 3.8) is 0 Å². The number of aromatic nitrogens is 3. The van der Waals surface area contributed by atoms with Crippen LogP contribution in [-0.4, -0.2) is 20.5 Å². The summed E-state index contributed by atoms with van der Waals surface area (Å²) in [6.07, 6.45) is -0.552. The molecule has 0 aliphatic carbocycles. The molecule has 0 aromatic carbocycles. The lowest BCUT2D eigenvalue weighted by molar-refractivity contribution is -0.137. The molecule has 0 saturated carbocycles. The van der Waals surface area contributed by atoms with Gasteiger partial charge in [-0.2, -0.15) is 13.2 Å². The summed E-state index contributed by atoms with van der Waals surface area (Å²) in [4.78, 5) is 12.7. The van der Waals surface area contributed by atoms with Crippen molar-refractivity contribution in [2.45, 2.75) is 12.7 Å². The molecule has 0 aliphatic heterocycles. The zero-order valence-corrected chi connectivity index (χ0v) is 14.8. The minimum absolute atomic E-state index is 0.0419. The van der Waals surface area contributed by atoms with Gasteiger partial charge in [0.05, 0.1) is 15.9 Å². The maximum Gasteiger partial charge on any atom is 0.417 e. The van der Waals surface area contributed by atoms with Gasteiger partial charge in [0.15, 0.2) is 11.5 Å². The number of rotatable bonds is 4. The highest BCUT2D eigenvalue weighted by atomic mass is 79.9. The molecule has 0 fully saturated rings. The second-order valence-electron chi connectivity index (χ2n) is 4.95. The number of fused-ring (bicyclic) bond motifs is 1. The van der Waals surface area contributed by atoms with Crippen molar-refractivity contribution in [1.29, 1.82) is 0 Å². The topological polar surface area (TPSA) is 59.3 Å². The van der Waals surface area contributed by atoms with E-state index in [1.807, 2.05) is 12.1 Å².